The smallest absolute Gasteiger partial charge is 0.244 e. The molecule has 0 spiro atoms. The Labute approximate surface area is 169 Å². The molecule has 1 aliphatic heterocycles. The monoisotopic (exact) mass is 393 g/mol. The third-order valence-electron chi connectivity index (χ3n) is 5.31. The quantitative estimate of drug-likeness (QED) is 0.842. The van der Waals surface area contributed by atoms with Gasteiger partial charge in [-0.15, -0.1) is 0 Å². The molecule has 0 saturated heterocycles. The zero-order valence-corrected chi connectivity index (χ0v) is 16.5. The SMILES string of the molecule is COc1ccc(OC)c(NC(=O)CN2C(=O)C3CCCC3=Nc3ccccc32)c1. The minimum absolute atomic E-state index is 0.0704. The van der Waals surface area contributed by atoms with Crippen LogP contribution < -0.4 is 19.7 Å². The van der Waals surface area contributed by atoms with Crippen LogP contribution in [0.3, 0.4) is 0 Å². The summed E-state index contributed by atoms with van der Waals surface area (Å²) in [5, 5.41) is 2.84. The summed E-state index contributed by atoms with van der Waals surface area (Å²) in [6.07, 6.45) is 2.54. The predicted molar refractivity (Wildman–Crippen MR) is 111 cm³/mol. The van der Waals surface area contributed by atoms with Crippen molar-refractivity contribution in [3.8, 4) is 11.5 Å². The average molecular weight is 393 g/mol. The number of aliphatic imine (C=N–C) groups is 1. The van der Waals surface area contributed by atoms with Gasteiger partial charge in [0, 0.05) is 11.8 Å². The first-order chi connectivity index (χ1) is 14.1. The van der Waals surface area contributed by atoms with Crippen LogP contribution in [0.1, 0.15) is 19.3 Å². The second kappa shape index (κ2) is 7.95. The number of para-hydroxylation sites is 2. The number of fused-ring (bicyclic) bond motifs is 2. The highest BCUT2D eigenvalue weighted by atomic mass is 16.5. The number of rotatable bonds is 5. The molecule has 7 heteroatoms. The van der Waals surface area contributed by atoms with E-state index in [0.717, 1.165) is 30.7 Å². The molecule has 1 aliphatic carbocycles. The van der Waals surface area contributed by atoms with Crippen molar-refractivity contribution in [3.63, 3.8) is 0 Å². The molecule has 4 rings (SSSR count). The molecule has 1 N–H and O–H groups in total. The molecule has 2 aromatic rings. The third kappa shape index (κ3) is 3.68. The highest BCUT2D eigenvalue weighted by Gasteiger charge is 2.37. The van der Waals surface area contributed by atoms with Gasteiger partial charge in [-0.25, -0.2) is 0 Å². The number of benzene rings is 2. The zero-order valence-electron chi connectivity index (χ0n) is 16.5. The van der Waals surface area contributed by atoms with Crippen LogP contribution in [0.15, 0.2) is 47.5 Å². The van der Waals surface area contributed by atoms with Crippen LogP contribution in [0.25, 0.3) is 0 Å². The highest BCUT2D eigenvalue weighted by molar-refractivity contribution is 6.16. The van der Waals surface area contributed by atoms with Crippen molar-refractivity contribution in [2.24, 2.45) is 10.9 Å². The zero-order chi connectivity index (χ0) is 20.4. The second-order valence-corrected chi connectivity index (χ2v) is 7.08. The van der Waals surface area contributed by atoms with E-state index in [4.69, 9.17) is 14.5 Å². The van der Waals surface area contributed by atoms with Gasteiger partial charge in [0.15, 0.2) is 0 Å². The van der Waals surface area contributed by atoms with E-state index in [2.05, 4.69) is 5.32 Å². The number of methoxy groups -OCH3 is 2. The van der Waals surface area contributed by atoms with E-state index >= 15 is 0 Å². The number of hydrogen-bond acceptors (Lipinski definition) is 5. The molecule has 2 amide bonds. The Balaban J connectivity index is 1.60. The second-order valence-electron chi connectivity index (χ2n) is 7.08. The van der Waals surface area contributed by atoms with E-state index in [0.29, 0.717) is 22.9 Å². The molecule has 1 saturated carbocycles. The molecule has 2 aromatic carbocycles. The Morgan fingerprint density at radius 2 is 2.03 bits per heavy atom. The fraction of sp³-hybridized carbons (Fsp3) is 0.318. The van der Waals surface area contributed by atoms with Crippen molar-refractivity contribution in [1.82, 2.24) is 0 Å². The lowest BCUT2D eigenvalue weighted by Crippen LogP contribution is -2.41. The number of nitrogens with zero attached hydrogens (tertiary/aromatic N) is 2. The lowest BCUT2D eigenvalue weighted by atomic mass is 10.1. The molecule has 150 valence electrons. The Kier molecular flexibility index (Phi) is 5.20. The summed E-state index contributed by atoms with van der Waals surface area (Å²) >= 11 is 0. The number of nitrogens with one attached hydrogen (secondary N) is 1. The van der Waals surface area contributed by atoms with E-state index in [1.165, 1.54) is 7.11 Å². The van der Waals surface area contributed by atoms with Crippen LogP contribution in [0.2, 0.25) is 0 Å². The lowest BCUT2D eigenvalue weighted by molar-refractivity contribution is -0.123. The molecule has 0 bridgehead atoms. The number of hydrogen-bond donors (Lipinski definition) is 1. The molecule has 7 nitrogen and oxygen atoms in total. The van der Waals surface area contributed by atoms with Crippen molar-refractivity contribution in [2.45, 2.75) is 19.3 Å². The van der Waals surface area contributed by atoms with Gasteiger partial charge in [-0.3, -0.25) is 14.6 Å². The first kappa shape index (κ1) is 19.0. The molecular weight excluding hydrogens is 370 g/mol. The summed E-state index contributed by atoms with van der Waals surface area (Å²) in [5.74, 6) is 0.478. The van der Waals surface area contributed by atoms with Gasteiger partial charge < -0.3 is 19.7 Å². The van der Waals surface area contributed by atoms with Gasteiger partial charge in [-0.05, 0) is 43.5 Å². The largest absolute Gasteiger partial charge is 0.497 e. The molecule has 0 radical (unpaired) electrons. The van der Waals surface area contributed by atoms with Gasteiger partial charge in [0.25, 0.3) is 0 Å². The molecule has 1 heterocycles. The number of amides is 2. The first-order valence-electron chi connectivity index (χ1n) is 9.60. The van der Waals surface area contributed by atoms with Gasteiger partial charge in [-0.2, -0.15) is 0 Å². The van der Waals surface area contributed by atoms with Gasteiger partial charge in [0.2, 0.25) is 11.8 Å². The van der Waals surface area contributed by atoms with Crippen molar-refractivity contribution in [2.75, 3.05) is 31.0 Å². The van der Waals surface area contributed by atoms with E-state index < -0.39 is 0 Å². The van der Waals surface area contributed by atoms with Crippen LogP contribution in [0.5, 0.6) is 11.5 Å². The Morgan fingerprint density at radius 1 is 1.21 bits per heavy atom. The number of carbonyl (C=O) groups is 2. The standard InChI is InChI=1S/C22H23N3O4/c1-28-14-10-11-20(29-2)18(12-14)24-21(26)13-25-19-9-4-3-7-17(19)23-16-8-5-6-15(16)22(25)27/h3-4,7,9-12,15H,5-6,8,13H2,1-2H3,(H,24,26). The Hall–Kier alpha value is -3.35. The molecule has 1 fully saturated rings. The van der Waals surface area contributed by atoms with Gasteiger partial charge in [0.1, 0.15) is 18.0 Å². The van der Waals surface area contributed by atoms with Crippen LogP contribution in [-0.4, -0.2) is 38.3 Å². The summed E-state index contributed by atoms with van der Waals surface area (Å²) in [6, 6.07) is 12.6. The van der Waals surface area contributed by atoms with Crippen LogP contribution in [0.4, 0.5) is 17.1 Å². The van der Waals surface area contributed by atoms with E-state index in [-0.39, 0.29) is 24.3 Å². The maximum atomic E-state index is 13.2. The minimum atomic E-state index is -0.318. The maximum Gasteiger partial charge on any atom is 0.244 e. The summed E-state index contributed by atoms with van der Waals surface area (Å²) < 4.78 is 10.5. The van der Waals surface area contributed by atoms with Crippen molar-refractivity contribution < 1.29 is 19.1 Å². The number of ether oxygens (including phenoxy) is 2. The summed E-state index contributed by atoms with van der Waals surface area (Å²) in [6.45, 7) is -0.102. The van der Waals surface area contributed by atoms with E-state index in [9.17, 15) is 9.59 Å². The molecular formula is C22H23N3O4. The summed E-state index contributed by atoms with van der Waals surface area (Å²) in [7, 11) is 3.09. The van der Waals surface area contributed by atoms with E-state index in [1.54, 1.807) is 30.2 Å². The van der Waals surface area contributed by atoms with Crippen LogP contribution >= 0.6 is 0 Å². The number of carbonyl (C=O) groups excluding carboxylic acids is 2. The fourth-order valence-corrected chi connectivity index (χ4v) is 3.88. The third-order valence-corrected chi connectivity index (χ3v) is 5.31. The molecule has 29 heavy (non-hydrogen) atoms. The minimum Gasteiger partial charge on any atom is -0.497 e. The Morgan fingerprint density at radius 3 is 2.83 bits per heavy atom. The molecule has 1 atom stereocenters. The van der Waals surface area contributed by atoms with Crippen LogP contribution in [-0.2, 0) is 9.59 Å². The molecule has 1 unspecified atom stereocenters. The van der Waals surface area contributed by atoms with Crippen LogP contribution in [0, 0.1) is 5.92 Å². The maximum absolute atomic E-state index is 13.2. The fourth-order valence-electron chi connectivity index (χ4n) is 3.88. The van der Waals surface area contributed by atoms with Gasteiger partial charge >= 0.3 is 0 Å². The highest BCUT2D eigenvalue weighted by Crippen LogP contribution is 2.38. The molecule has 0 aromatic heterocycles. The lowest BCUT2D eigenvalue weighted by Gasteiger charge is -2.24. The van der Waals surface area contributed by atoms with Gasteiger partial charge in [-0.1, -0.05) is 12.1 Å². The van der Waals surface area contributed by atoms with Crippen molar-refractivity contribution in [3.05, 3.63) is 42.5 Å². The normalized spacial score (nSPS) is 17.7. The van der Waals surface area contributed by atoms with Gasteiger partial charge in [0.05, 0.1) is 37.2 Å². The summed E-state index contributed by atoms with van der Waals surface area (Å²) in [5.41, 5.74) is 2.80. The molecule has 2 aliphatic rings. The predicted octanol–water partition coefficient (Wildman–Crippen LogP) is 3.56. The average Bonchev–Trinajstić information content (AvgIpc) is 3.16. The first-order valence-corrected chi connectivity index (χ1v) is 9.60. The number of anilines is 2. The topological polar surface area (TPSA) is 80.2 Å². The Bertz CT molecular complexity index is 986. The van der Waals surface area contributed by atoms with E-state index in [1.807, 2.05) is 24.3 Å². The summed E-state index contributed by atoms with van der Waals surface area (Å²) in [4.78, 5) is 32.4. The van der Waals surface area contributed by atoms with Crippen molar-refractivity contribution >= 4 is 34.6 Å². The van der Waals surface area contributed by atoms with Crippen molar-refractivity contribution in [1.29, 1.82) is 0 Å².